The third-order valence-electron chi connectivity index (χ3n) is 4.07. The molecule has 4 rings (SSSR count). The van der Waals surface area contributed by atoms with Crippen molar-refractivity contribution in [3.05, 3.63) is 54.7 Å². The molecule has 2 N–H and O–H groups in total. The van der Waals surface area contributed by atoms with Crippen molar-refractivity contribution < 1.29 is 18.1 Å². The van der Waals surface area contributed by atoms with Crippen LogP contribution in [-0.2, 0) is 9.92 Å². The molecule has 0 aliphatic rings. The van der Waals surface area contributed by atoms with Gasteiger partial charge in [0.05, 0.1) is 19.1 Å². The number of methoxy groups -OCH3 is 2. The lowest BCUT2D eigenvalue weighted by molar-refractivity contribution is 0.354. The van der Waals surface area contributed by atoms with Gasteiger partial charge in [0.1, 0.15) is 11.5 Å². The van der Waals surface area contributed by atoms with Crippen molar-refractivity contribution in [2.24, 2.45) is 0 Å². The van der Waals surface area contributed by atoms with E-state index in [9.17, 15) is 4.21 Å². The zero-order chi connectivity index (χ0) is 20.4. The zero-order valence-electron chi connectivity index (χ0n) is 15.6. The molecule has 1 unspecified atom stereocenters. The number of hydrogen-bond acceptors (Lipinski definition) is 8. The molecule has 148 valence electrons. The number of benzene rings is 1. The summed E-state index contributed by atoms with van der Waals surface area (Å²) in [7, 11) is -0.428. The normalized spacial score (nSPS) is 13.0. The molecule has 9 nitrogen and oxygen atoms in total. The maximum absolute atomic E-state index is 13.0. The van der Waals surface area contributed by atoms with Crippen molar-refractivity contribution >= 4 is 27.0 Å². The summed E-state index contributed by atoms with van der Waals surface area (Å²) in [5.74, 6) is 1.39. The average Bonchev–Trinajstić information content (AvgIpc) is 3.17. The number of fused-ring (bicyclic) bond motifs is 1. The van der Waals surface area contributed by atoms with Gasteiger partial charge in [-0.2, -0.15) is 4.98 Å². The van der Waals surface area contributed by atoms with E-state index in [2.05, 4.69) is 19.7 Å². The molecule has 0 bridgehead atoms. The van der Waals surface area contributed by atoms with Crippen LogP contribution in [0.2, 0.25) is 0 Å². The summed E-state index contributed by atoms with van der Waals surface area (Å²) in [5, 5.41) is 0. The van der Waals surface area contributed by atoms with Crippen molar-refractivity contribution in [1.29, 1.82) is 4.78 Å². The highest BCUT2D eigenvalue weighted by atomic mass is 32.2. The van der Waals surface area contributed by atoms with Gasteiger partial charge in [0, 0.05) is 12.3 Å². The Hall–Kier alpha value is -3.66. The minimum absolute atomic E-state index is 0.230. The molecule has 3 aromatic heterocycles. The summed E-state index contributed by atoms with van der Waals surface area (Å²) in [6, 6.07) is 13.2. The number of nitrogens with zero attached hydrogens (tertiary/aromatic N) is 3. The van der Waals surface area contributed by atoms with Crippen molar-refractivity contribution in [2.75, 3.05) is 18.9 Å². The van der Waals surface area contributed by atoms with Crippen LogP contribution in [0.5, 0.6) is 11.5 Å². The lowest BCUT2D eigenvalue weighted by Crippen LogP contribution is -2.12. The predicted octanol–water partition coefficient (Wildman–Crippen LogP) is 3.73. The minimum Gasteiger partial charge on any atom is -0.493 e. The quantitative estimate of drug-likeness (QED) is 0.495. The monoisotopic (exact) mass is 411 g/mol. The van der Waals surface area contributed by atoms with E-state index in [1.807, 2.05) is 0 Å². The second-order valence-electron chi connectivity index (χ2n) is 5.93. The van der Waals surface area contributed by atoms with Crippen LogP contribution in [0.1, 0.15) is 0 Å². The second-order valence-corrected chi connectivity index (χ2v) is 7.72. The van der Waals surface area contributed by atoms with Crippen molar-refractivity contribution in [3.63, 3.8) is 0 Å². The molecular weight excluding hydrogens is 394 g/mol. The van der Waals surface area contributed by atoms with Crippen LogP contribution in [0.4, 0.5) is 5.82 Å². The zero-order valence-corrected chi connectivity index (χ0v) is 16.4. The summed E-state index contributed by atoms with van der Waals surface area (Å²) in [6.45, 7) is 0. The summed E-state index contributed by atoms with van der Waals surface area (Å²) in [5.41, 5.74) is 1.44. The molecule has 4 aromatic rings. The first-order valence-corrected chi connectivity index (χ1v) is 10.0. The van der Waals surface area contributed by atoms with E-state index in [1.54, 1.807) is 48.7 Å². The van der Waals surface area contributed by atoms with E-state index in [1.165, 1.54) is 20.3 Å². The number of oxazole rings is 1. The molecule has 0 radical (unpaired) electrons. The van der Waals surface area contributed by atoms with Crippen molar-refractivity contribution in [3.8, 4) is 23.1 Å². The SMILES string of the molecule is COc1ccc(S(=N)(=O)Nc2cccc(-c3nc4ncccc4o3)n2)cc1OC. The van der Waals surface area contributed by atoms with Gasteiger partial charge in [-0.25, -0.2) is 19.0 Å². The maximum atomic E-state index is 13.0. The summed E-state index contributed by atoms with van der Waals surface area (Å²) < 4.78 is 40.0. The molecule has 0 amide bonds. The topological polar surface area (TPSA) is 123 Å². The second kappa shape index (κ2) is 7.40. The summed E-state index contributed by atoms with van der Waals surface area (Å²) >= 11 is 0. The predicted molar refractivity (Wildman–Crippen MR) is 107 cm³/mol. The van der Waals surface area contributed by atoms with Crippen molar-refractivity contribution in [2.45, 2.75) is 4.90 Å². The first-order valence-electron chi connectivity index (χ1n) is 8.48. The summed E-state index contributed by atoms with van der Waals surface area (Å²) in [4.78, 5) is 13.0. The fraction of sp³-hybridized carbons (Fsp3) is 0.105. The molecule has 0 saturated carbocycles. The average molecular weight is 411 g/mol. The Balaban J connectivity index is 1.65. The number of anilines is 1. The maximum Gasteiger partial charge on any atom is 0.247 e. The third-order valence-corrected chi connectivity index (χ3v) is 5.48. The number of hydrogen-bond donors (Lipinski definition) is 2. The number of rotatable bonds is 6. The van der Waals surface area contributed by atoms with E-state index in [0.29, 0.717) is 28.4 Å². The van der Waals surface area contributed by atoms with Crippen LogP contribution >= 0.6 is 0 Å². The van der Waals surface area contributed by atoms with E-state index < -0.39 is 9.92 Å². The summed E-state index contributed by atoms with van der Waals surface area (Å²) in [6.07, 6.45) is 1.62. The van der Waals surface area contributed by atoms with Crippen LogP contribution in [0.25, 0.3) is 22.8 Å². The van der Waals surface area contributed by atoms with Crippen LogP contribution in [0.15, 0.2) is 64.0 Å². The lowest BCUT2D eigenvalue weighted by Gasteiger charge is -2.13. The highest BCUT2D eigenvalue weighted by Crippen LogP contribution is 2.30. The van der Waals surface area contributed by atoms with Gasteiger partial charge in [-0.15, -0.1) is 0 Å². The van der Waals surface area contributed by atoms with Crippen LogP contribution < -0.4 is 14.2 Å². The fourth-order valence-electron chi connectivity index (χ4n) is 2.69. The van der Waals surface area contributed by atoms with Gasteiger partial charge in [-0.3, -0.25) is 4.72 Å². The number of pyridine rings is 2. The van der Waals surface area contributed by atoms with Crippen molar-refractivity contribution in [1.82, 2.24) is 15.0 Å². The third kappa shape index (κ3) is 3.69. The Bertz CT molecular complexity index is 1250. The fourth-order valence-corrected chi connectivity index (χ4v) is 3.75. The molecule has 0 fully saturated rings. The van der Waals surface area contributed by atoms with Gasteiger partial charge >= 0.3 is 0 Å². The Morgan fingerprint density at radius 2 is 1.86 bits per heavy atom. The highest BCUT2D eigenvalue weighted by molar-refractivity contribution is 7.93. The first kappa shape index (κ1) is 18.7. The Kier molecular flexibility index (Phi) is 4.77. The van der Waals surface area contributed by atoms with Gasteiger partial charge < -0.3 is 13.9 Å². The van der Waals surface area contributed by atoms with Gasteiger partial charge in [0.2, 0.25) is 5.89 Å². The molecule has 1 aromatic carbocycles. The van der Waals surface area contributed by atoms with E-state index in [-0.39, 0.29) is 16.6 Å². The molecule has 1 atom stereocenters. The van der Waals surface area contributed by atoms with E-state index >= 15 is 0 Å². The molecule has 3 heterocycles. The Morgan fingerprint density at radius 3 is 2.62 bits per heavy atom. The molecular formula is C19H17N5O4S. The number of ether oxygens (including phenoxy) is 2. The standard InChI is InChI=1S/C19H17N5O4S/c1-26-14-9-8-12(11-16(14)27-2)29(20,25)24-17-7-3-5-13(22-17)19-23-18-15(28-19)6-4-10-21-18/h3-11H,1-2H3,(H2,20,22,24,25). The molecule has 0 aliphatic carbocycles. The molecule has 10 heteroatoms. The van der Waals surface area contributed by atoms with Gasteiger partial charge in [0.25, 0.3) is 0 Å². The smallest absolute Gasteiger partial charge is 0.247 e. The van der Waals surface area contributed by atoms with Gasteiger partial charge in [-0.05, 0) is 36.4 Å². The Labute approximate surface area is 166 Å². The van der Waals surface area contributed by atoms with Gasteiger partial charge in [0.15, 0.2) is 32.6 Å². The Morgan fingerprint density at radius 1 is 1.03 bits per heavy atom. The van der Waals surface area contributed by atoms with Crippen LogP contribution in [-0.4, -0.2) is 33.4 Å². The van der Waals surface area contributed by atoms with E-state index in [0.717, 1.165) is 0 Å². The van der Waals surface area contributed by atoms with Crippen LogP contribution in [0, 0.1) is 4.78 Å². The molecule has 0 spiro atoms. The minimum atomic E-state index is -3.41. The number of nitrogens with one attached hydrogen (secondary N) is 2. The lowest BCUT2D eigenvalue weighted by atomic mass is 10.3. The van der Waals surface area contributed by atoms with Gasteiger partial charge in [-0.1, -0.05) is 6.07 Å². The molecule has 0 saturated heterocycles. The molecule has 29 heavy (non-hydrogen) atoms. The molecule has 0 aliphatic heterocycles. The van der Waals surface area contributed by atoms with Crippen LogP contribution in [0.3, 0.4) is 0 Å². The highest BCUT2D eigenvalue weighted by Gasteiger charge is 2.16. The first-order chi connectivity index (χ1) is 14.0. The number of aromatic nitrogens is 3. The van der Waals surface area contributed by atoms with E-state index in [4.69, 9.17) is 18.7 Å². The largest absolute Gasteiger partial charge is 0.493 e.